The number of likely N-dealkylation sites (tertiary alicyclic amines) is 1. The van der Waals surface area contributed by atoms with Crippen LogP contribution in [0, 0.1) is 0 Å². The minimum atomic E-state index is -0.557. The maximum absolute atomic E-state index is 12.4. The summed E-state index contributed by atoms with van der Waals surface area (Å²) in [7, 11) is 0. The normalized spacial score (nSPS) is 14.4. The third-order valence-electron chi connectivity index (χ3n) is 4.81. The summed E-state index contributed by atoms with van der Waals surface area (Å²) in [6, 6.07) is 15.1. The van der Waals surface area contributed by atoms with Crippen molar-refractivity contribution in [3.63, 3.8) is 0 Å². The number of nitrogens with two attached hydrogens (primary N) is 1. The summed E-state index contributed by atoms with van der Waals surface area (Å²) in [5.41, 5.74) is 7.90. The van der Waals surface area contributed by atoms with Crippen molar-refractivity contribution in [1.29, 1.82) is 0 Å². The SMILES string of the molecule is NC(=O)COc1cccc(C(=O)NCc2ccc(CN3CCCCC3)cc2)c1. The van der Waals surface area contributed by atoms with Crippen LogP contribution in [0.4, 0.5) is 0 Å². The van der Waals surface area contributed by atoms with Crippen LogP contribution in [0.5, 0.6) is 5.75 Å². The monoisotopic (exact) mass is 381 g/mol. The van der Waals surface area contributed by atoms with E-state index in [2.05, 4.69) is 34.5 Å². The Hall–Kier alpha value is -2.86. The van der Waals surface area contributed by atoms with Gasteiger partial charge in [-0.25, -0.2) is 0 Å². The van der Waals surface area contributed by atoms with Crippen LogP contribution in [-0.4, -0.2) is 36.4 Å². The van der Waals surface area contributed by atoms with E-state index < -0.39 is 5.91 Å². The fraction of sp³-hybridized carbons (Fsp3) is 0.364. The lowest BCUT2D eigenvalue weighted by Gasteiger charge is -2.26. The highest BCUT2D eigenvalue weighted by Crippen LogP contribution is 2.15. The van der Waals surface area contributed by atoms with Crippen LogP contribution in [0.2, 0.25) is 0 Å². The van der Waals surface area contributed by atoms with Gasteiger partial charge in [-0.1, -0.05) is 36.8 Å². The summed E-state index contributed by atoms with van der Waals surface area (Å²) in [4.78, 5) is 25.7. The summed E-state index contributed by atoms with van der Waals surface area (Å²) in [6.07, 6.45) is 3.92. The number of benzene rings is 2. The first kappa shape index (κ1) is 19.9. The number of hydrogen-bond donors (Lipinski definition) is 2. The van der Waals surface area contributed by atoms with Gasteiger partial charge in [0.2, 0.25) is 0 Å². The third kappa shape index (κ3) is 6.09. The lowest BCUT2D eigenvalue weighted by molar-refractivity contribution is -0.119. The summed E-state index contributed by atoms with van der Waals surface area (Å²) >= 11 is 0. The van der Waals surface area contributed by atoms with Gasteiger partial charge >= 0.3 is 0 Å². The Balaban J connectivity index is 1.50. The second-order valence-corrected chi connectivity index (χ2v) is 7.12. The molecule has 2 aromatic carbocycles. The molecule has 6 nitrogen and oxygen atoms in total. The van der Waals surface area contributed by atoms with Crippen molar-refractivity contribution in [2.24, 2.45) is 5.73 Å². The molecule has 3 N–H and O–H groups in total. The summed E-state index contributed by atoms with van der Waals surface area (Å²) in [6.45, 7) is 3.59. The highest BCUT2D eigenvalue weighted by molar-refractivity contribution is 5.94. The number of rotatable bonds is 8. The van der Waals surface area contributed by atoms with Gasteiger partial charge in [-0.2, -0.15) is 0 Å². The topological polar surface area (TPSA) is 84.7 Å². The van der Waals surface area contributed by atoms with Crippen LogP contribution < -0.4 is 15.8 Å². The maximum Gasteiger partial charge on any atom is 0.255 e. The van der Waals surface area contributed by atoms with Gasteiger partial charge in [-0.15, -0.1) is 0 Å². The predicted molar refractivity (Wildman–Crippen MR) is 108 cm³/mol. The Morgan fingerprint density at radius 2 is 1.71 bits per heavy atom. The van der Waals surface area contributed by atoms with E-state index in [9.17, 15) is 9.59 Å². The molecule has 0 aliphatic carbocycles. The molecule has 0 aromatic heterocycles. The molecule has 1 heterocycles. The van der Waals surface area contributed by atoms with Gasteiger partial charge in [0.1, 0.15) is 5.75 Å². The zero-order valence-corrected chi connectivity index (χ0v) is 16.0. The van der Waals surface area contributed by atoms with Crippen molar-refractivity contribution in [1.82, 2.24) is 10.2 Å². The Morgan fingerprint density at radius 1 is 1.00 bits per heavy atom. The lowest BCUT2D eigenvalue weighted by atomic mass is 10.1. The number of nitrogens with zero attached hydrogens (tertiary/aromatic N) is 1. The molecule has 28 heavy (non-hydrogen) atoms. The average Bonchev–Trinajstić information content (AvgIpc) is 2.72. The van der Waals surface area contributed by atoms with Crippen molar-refractivity contribution >= 4 is 11.8 Å². The van der Waals surface area contributed by atoms with E-state index in [0.717, 1.165) is 12.1 Å². The largest absolute Gasteiger partial charge is 0.484 e. The summed E-state index contributed by atoms with van der Waals surface area (Å²) in [5, 5.41) is 2.91. The third-order valence-corrected chi connectivity index (χ3v) is 4.81. The molecule has 6 heteroatoms. The fourth-order valence-corrected chi connectivity index (χ4v) is 3.30. The molecule has 0 radical (unpaired) electrons. The van der Waals surface area contributed by atoms with Crippen LogP contribution in [-0.2, 0) is 17.9 Å². The molecular formula is C22H27N3O3. The Bertz CT molecular complexity index is 799. The van der Waals surface area contributed by atoms with Gasteiger partial charge in [0.05, 0.1) is 0 Å². The van der Waals surface area contributed by atoms with Crippen molar-refractivity contribution in [3.8, 4) is 5.75 Å². The molecule has 1 aliphatic heterocycles. The van der Waals surface area contributed by atoms with Crippen molar-refractivity contribution < 1.29 is 14.3 Å². The van der Waals surface area contributed by atoms with Gasteiger partial charge in [0.15, 0.2) is 6.61 Å². The molecular weight excluding hydrogens is 354 g/mol. The summed E-state index contributed by atoms with van der Waals surface area (Å²) in [5.74, 6) is -0.311. The molecule has 0 unspecified atom stereocenters. The van der Waals surface area contributed by atoms with Gasteiger partial charge in [-0.3, -0.25) is 14.5 Å². The molecule has 0 bridgehead atoms. The van der Waals surface area contributed by atoms with Crippen LogP contribution in [0.15, 0.2) is 48.5 Å². The molecule has 0 saturated carbocycles. The Morgan fingerprint density at radius 3 is 2.43 bits per heavy atom. The van der Waals surface area contributed by atoms with E-state index in [0.29, 0.717) is 17.9 Å². The smallest absolute Gasteiger partial charge is 0.255 e. The zero-order chi connectivity index (χ0) is 19.8. The quantitative estimate of drug-likeness (QED) is 0.736. The number of carbonyl (C=O) groups excluding carboxylic acids is 2. The second kappa shape index (κ2) is 9.90. The van der Waals surface area contributed by atoms with Crippen LogP contribution >= 0.6 is 0 Å². The van der Waals surface area contributed by atoms with Gasteiger partial charge in [0, 0.05) is 18.7 Å². The highest BCUT2D eigenvalue weighted by Gasteiger charge is 2.11. The zero-order valence-electron chi connectivity index (χ0n) is 16.0. The van der Waals surface area contributed by atoms with Crippen molar-refractivity contribution in [3.05, 3.63) is 65.2 Å². The minimum absolute atomic E-state index is 0.193. The second-order valence-electron chi connectivity index (χ2n) is 7.12. The molecule has 3 rings (SSSR count). The highest BCUT2D eigenvalue weighted by atomic mass is 16.5. The number of ether oxygens (including phenoxy) is 1. The first-order chi connectivity index (χ1) is 13.6. The van der Waals surface area contributed by atoms with Gasteiger partial charge in [0.25, 0.3) is 11.8 Å². The van der Waals surface area contributed by atoms with E-state index >= 15 is 0 Å². The molecule has 0 atom stereocenters. The first-order valence-electron chi connectivity index (χ1n) is 9.70. The number of carbonyl (C=O) groups is 2. The van der Waals surface area contributed by atoms with Crippen LogP contribution in [0.3, 0.4) is 0 Å². The van der Waals surface area contributed by atoms with Crippen LogP contribution in [0.1, 0.15) is 40.7 Å². The number of hydrogen-bond acceptors (Lipinski definition) is 4. The van der Waals surface area contributed by atoms with E-state index in [1.165, 1.54) is 37.9 Å². The molecule has 1 saturated heterocycles. The number of piperidine rings is 1. The first-order valence-corrected chi connectivity index (χ1v) is 9.70. The maximum atomic E-state index is 12.4. The molecule has 2 aromatic rings. The Labute approximate surface area is 165 Å². The lowest BCUT2D eigenvalue weighted by Crippen LogP contribution is -2.29. The molecule has 148 valence electrons. The Kier molecular flexibility index (Phi) is 7.03. The average molecular weight is 381 g/mol. The molecule has 2 amide bonds. The standard InChI is InChI=1S/C22H27N3O3/c23-21(26)16-28-20-6-4-5-19(13-20)22(27)24-14-17-7-9-18(10-8-17)15-25-11-2-1-3-12-25/h4-10,13H,1-3,11-12,14-16H2,(H2,23,26)(H,24,27). The van der Waals surface area contributed by atoms with Gasteiger partial charge < -0.3 is 15.8 Å². The molecule has 1 fully saturated rings. The summed E-state index contributed by atoms with van der Waals surface area (Å²) < 4.78 is 5.24. The predicted octanol–water partition coefficient (Wildman–Crippen LogP) is 2.47. The van der Waals surface area contributed by atoms with Crippen molar-refractivity contribution in [2.45, 2.75) is 32.4 Å². The van der Waals surface area contributed by atoms with E-state index in [-0.39, 0.29) is 12.5 Å². The van der Waals surface area contributed by atoms with Gasteiger partial charge in [-0.05, 0) is 55.3 Å². The minimum Gasteiger partial charge on any atom is -0.484 e. The van der Waals surface area contributed by atoms with E-state index in [4.69, 9.17) is 10.5 Å². The molecule has 1 aliphatic rings. The number of amides is 2. The number of primary amides is 1. The van der Waals surface area contributed by atoms with E-state index in [1.807, 2.05) is 0 Å². The van der Waals surface area contributed by atoms with E-state index in [1.54, 1.807) is 24.3 Å². The fourth-order valence-electron chi connectivity index (χ4n) is 3.30. The van der Waals surface area contributed by atoms with Crippen LogP contribution in [0.25, 0.3) is 0 Å². The number of nitrogens with one attached hydrogen (secondary N) is 1. The molecule has 0 spiro atoms. The van der Waals surface area contributed by atoms with Crippen molar-refractivity contribution in [2.75, 3.05) is 19.7 Å².